The lowest BCUT2D eigenvalue weighted by Crippen LogP contribution is -2.00. The van der Waals surface area contributed by atoms with Crippen LogP contribution in [0.25, 0.3) is 0 Å². The van der Waals surface area contributed by atoms with E-state index in [-0.39, 0.29) is 6.10 Å². The highest BCUT2D eigenvalue weighted by Crippen LogP contribution is 2.00. The molecule has 1 N–H and O–H groups in total. The van der Waals surface area contributed by atoms with Crippen molar-refractivity contribution < 1.29 is 5.11 Å². The van der Waals surface area contributed by atoms with Gasteiger partial charge in [-0.1, -0.05) is 44.6 Å². The lowest BCUT2D eigenvalue weighted by Gasteiger charge is -2.01. The Morgan fingerprint density at radius 3 is 2.80 bits per heavy atom. The second-order valence-corrected chi connectivity index (χ2v) is 2.33. The normalized spacial score (nSPS) is 13.8. The van der Waals surface area contributed by atoms with Gasteiger partial charge < -0.3 is 5.11 Å². The average Bonchev–Trinajstić information content (AvgIpc) is 1.97. The summed E-state index contributed by atoms with van der Waals surface area (Å²) in [6.07, 6.45) is 8.03. The summed E-state index contributed by atoms with van der Waals surface area (Å²) in [6.45, 7) is 5.63. The van der Waals surface area contributed by atoms with Crippen molar-refractivity contribution in [3.63, 3.8) is 0 Å². The van der Waals surface area contributed by atoms with Gasteiger partial charge in [0.2, 0.25) is 0 Å². The topological polar surface area (TPSA) is 20.2 Å². The van der Waals surface area contributed by atoms with E-state index in [2.05, 4.69) is 13.5 Å². The molecule has 0 heterocycles. The van der Waals surface area contributed by atoms with Crippen molar-refractivity contribution >= 4 is 0 Å². The number of hydrogen-bond acceptors (Lipinski definition) is 1. The quantitative estimate of drug-likeness (QED) is 0.581. The number of rotatable bonds is 5. The third-order valence-corrected chi connectivity index (χ3v) is 1.32. The molecule has 0 amide bonds. The molecule has 0 rings (SSSR count). The second kappa shape index (κ2) is 6.56. The molecule has 1 unspecified atom stereocenters. The molecule has 0 radical (unpaired) electrons. The van der Waals surface area contributed by atoms with E-state index in [9.17, 15) is 5.11 Å². The summed E-state index contributed by atoms with van der Waals surface area (Å²) in [5.74, 6) is 0. The fourth-order valence-corrected chi connectivity index (χ4v) is 0.716. The summed E-state index contributed by atoms with van der Waals surface area (Å²) in [4.78, 5) is 0. The molecule has 0 aromatic heterocycles. The van der Waals surface area contributed by atoms with E-state index in [1.54, 1.807) is 18.2 Å². The van der Waals surface area contributed by atoms with Gasteiger partial charge in [0.25, 0.3) is 0 Å². The van der Waals surface area contributed by atoms with Crippen LogP contribution < -0.4 is 0 Å². The van der Waals surface area contributed by atoms with Crippen LogP contribution in [0.2, 0.25) is 0 Å². The smallest absolute Gasteiger partial charge is 0.0723 e. The Morgan fingerprint density at radius 2 is 2.30 bits per heavy atom. The van der Waals surface area contributed by atoms with Crippen LogP contribution in [0.4, 0.5) is 0 Å². The van der Waals surface area contributed by atoms with E-state index in [0.717, 1.165) is 19.3 Å². The zero-order valence-electron chi connectivity index (χ0n) is 6.59. The van der Waals surface area contributed by atoms with Gasteiger partial charge in [-0.2, -0.15) is 0 Å². The highest BCUT2D eigenvalue weighted by molar-refractivity contribution is 5.00. The Morgan fingerprint density at radius 1 is 1.60 bits per heavy atom. The molecule has 0 aliphatic heterocycles. The first-order valence-corrected chi connectivity index (χ1v) is 3.78. The Kier molecular flexibility index (Phi) is 6.19. The molecule has 0 aliphatic rings. The molecule has 1 nitrogen and oxygen atoms in total. The number of aliphatic hydroxyl groups excluding tert-OH is 1. The largest absolute Gasteiger partial charge is 0.389 e. The molecular weight excluding hydrogens is 124 g/mol. The molecule has 10 heavy (non-hydrogen) atoms. The Hall–Kier alpha value is -0.560. The summed E-state index contributed by atoms with van der Waals surface area (Å²) in [7, 11) is 0. The summed E-state index contributed by atoms with van der Waals surface area (Å²) < 4.78 is 0. The monoisotopic (exact) mass is 140 g/mol. The zero-order chi connectivity index (χ0) is 7.82. The lowest BCUT2D eigenvalue weighted by molar-refractivity contribution is 0.209. The van der Waals surface area contributed by atoms with Crippen LogP contribution in [0, 0.1) is 0 Å². The molecule has 1 atom stereocenters. The molecular formula is C9H16O. The highest BCUT2D eigenvalue weighted by atomic mass is 16.3. The summed E-state index contributed by atoms with van der Waals surface area (Å²) >= 11 is 0. The molecule has 1 heteroatoms. The van der Waals surface area contributed by atoms with E-state index in [1.807, 2.05) is 0 Å². The molecule has 0 aliphatic carbocycles. The standard InChI is InChI=1S/C9H16O/c1-3-5-7-9(10)8-6-4-2/h3,5,7,9-10H,1,4,6,8H2,2H3/b7-5+. The van der Waals surface area contributed by atoms with E-state index in [1.165, 1.54) is 0 Å². The van der Waals surface area contributed by atoms with Crippen molar-refractivity contribution in [2.24, 2.45) is 0 Å². The first-order chi connectivity index (χ1) is 4.81. The van der Waals surface area contributed by atoms with Crippen LogP contribution >= 0.6 is 0 Å². The molecule has 0 spiro atoms. The van der Waals surface area contributed by atoms with Gasteiger partial charge in [-0.05, 0) is 6.42 Å². The second-order valence-electron chi connectivity index (χ2n) is 2.33. The number of unbranched alkanes of at least 4 members (excludes halogenated alkanes) is 1. The van der Waals surface area contributed by atoms with Gasteiger partial charge in [-0.15, -0.1) is 0 Å². The number of aliphatic hydroxyl groups is 1. The number of allylic oxidation sites excluding steroid dienone is 2. The van der Waals surface area contributed by atoms with Crippen LogP contribution in [0.3, 0.4) is 0 Å². The molecule has 0 fully saturated rings. The van der Waals surface area contributed by atoms with Crippen molar-refractivity contribution in [3.05, 3.63) is 24.8 Å². The number of hydrogen-bond donors (Lipinski definition) is 1. The fourth-order valence-electron chi connectivity index (χ4n) is 0.716. The van der Waals surface area contributed by atoms with E-state index in [0.29, 0.717) is 0 Å². The SMILES string of the molecule is C=C/C=C/C(O)CCCC. The predicted octanol–water partition coefficient (Wildman–Crippen LogP) is 2.28. The van der Waals surface area contributed by atoms with Crippen LogP contribution in [0.5, 0.6) is 0 Å². The minimum atomic E-state index is -0.280. The summed E-state index contributed by atoms with van der Waals surface area (Å²) in [6, 6.07) is 0. The fraction of sp³-hybridized carbons (Fsp3) is 0.556. The van der Waals surface area contributed by atoms with Gasteiger partial charge in [-0.3, -0.25) is 0 Å². The maximum absolute atomic E-state index is 9.18. The molecule has 0 aromatic rings. The van der Waals surface area contributed by atoms with E-state index < -0.39 is 0 Å². The van der Waals surface area contributed by atoms with Gasteiger partial charge in [0.15, 0.2) is 0 Å². The van der Waals surface area contributed by atoms with Crippen molar-refractivity contribution in [2.45, 2.75) is 32.3 Å². The molecule has 0 saturated heterocycles. The lowest BCUT2D eigenvalue weighted by atomic mass is 10.1. The zero-order valence-corrected chi connectivity index (χ0v) is 6.59. The van der Waals surface area contributed by atoms with Gasteiger partial charge in [0.1, 0.15) is 0 Å². The van der Waals surface area contributed by atoms with Crippen LogP contribution in [-0.4, -0.2) is 11.2 Å². The maximum Gasteiger partial charge on any atom is 0.0723 e. The van der Waals surface area contributed by atoms with Crippen LogP contribution in [-0.2, 0) is 0 Å². The summed E-state index contributed by atoms with van der Waals surface area (Å²) in [5, 5.41) is 9.18. The minimum absolute atomic E-state index is 0.280. The van der Waals surface area contributed by atoms with E-state index in [4.69, 9.17) is 0 Å². The Labute approximate surface area is 63.1 Å². The Bertz CT molecular complexity index is 105. The third-order valence-electron chi connectivity index (χ3n) is 1.32. The van der Waals surface area contributed by atoms with Crippen molar-refractivity contribution in [2.75, 3.05) is 0 Å². The highest BCUT2D eigenvalue weighted by Gasteiger charge is 1.94. The first-order valence-electron chi connectivity index (χ1n) is 3.78. The summed E-state index contributed by atoms with van der Waals surface area (Å²) in [5.41, 5.74) is 0. The van der Waals surface area contributed by atoms with Crippen molar-refractivity contribution in [3.8, 4) is 0 Å². The maximum atomic E-state index is 9.18. The van der Waals surface area contributed by atoms with Crippen molar-refractivity contribution in [1.29, 1.82) is 0 Å². The third kappa shape index (κ3) is 5.57. The Balaban J connectivity index is 3.32. The van der Waals surface area contributed by atoms with Gasteiger partial charge in [0, 0.05) is 0 Å². The van der Waals surface area contributed by atoms with Crippen LogP contribution in [0.15, 0.2) is 24.8 Å². The average molecular weight is 140 g/mol. The van der Waals surface area contributed by atoms with Gasteiger partial charge in [0.05, 0.1) is 6.10 Å². The molecule has 58 valence electrons. The minimum Gasteiger partial charge on any atom is -0.389 e. The van der Waals surface area contributed by atoms with Gasteiger partial charge >= 0.3 is 0 Å². The van der Waals surface area contributed by atoms with Crippen LogP contribution in [0.1, 0.15) is 26.2 Å². The van der Waals surface area contributed by atoms with Gasteiger partial charge in [-0.25, -0.2) is 0 Å². The van der Waals surface area contributed by atoms with E-state index >= 15 is 0 Å². The molecule has 0 aromatic carbocycles. The predicted molar refractivity (Wildman–Crippen MR) is 44.9 cm³/mol. The van der Waals surface area contributed by atoms with Crippen molar-refractivity contribution in [1.82, 2.24) is 0 Å². The molecule has 0 saturated carbocycles. The first kappa shape index (κ1) is 9.44. The molecule has 0 bridgehead atoms.